The van der Waals surface area contributed by atoms with Crippen LogP contribution in [0.2, 0.25) is 0 Å². The summed E-state index contributed by atoms with van der Waals surface area (Å²) in [4.78, 5) is 2.33. The minimum atomic E-state index is 0.904. The number of hydrogen-bond acceptors (Lipinski definition) is 3. The molecule has 0 N–H and O–H groups in total. The summed E-state index contributed by atoms with van der Waals surface area (Å²) in [5.41, 5.74) is 11.0. The van der Waals surface area contributed by atoms with Gasteiger partial charge in [0.2, 0.25) is 0 Å². The third kappa shape index (κ3) is 4.20. The molecule has 0 bridgehead atoms. The first-order chi connectivity index (χ1) is 23.8. The first kappa shape index (κ1) is 27.1. The molecule has 0 spiro atoms. The summed E-state index contributed by atoms with van der Waals surface area (Å²) < 4.78 is 11.5. The zero-order valence-electron chi connectivity index (χ0n) is 25.9. The van der Waals surface area contributed by atoms with Crippen LogP contribution in [-0.4, -0.2) is 4.57 Å². The van der Waals surface area contributed by atoms with Gasteiger partial charge in [0.05, 0.1) is 5.52 Å². The molecule has 4 heteroatoms. The zero-order chi connectivity index (χ0) is 31.6. The number of fused-ring (bicyclic) bond motifs is 8. The number of furan rings is 1. The molecule has 3 aromatic heterocycles. The van der Waals surface area contributed by atoms with E-state index in [2.05, 4.69) is 173 Å². The Balaban J connectivity index is 1.15. The molecule has 0 saturated heterocycles. The topological polar surface area (TPSA) is 21.3 Å². The first-order valence-electron chi connectivity index (χ1n) is 16.2. The van der Waals surface area contributed by atoms with Gasteiger partial charge in [0.1, 0.15) is 11.1 Å². The van der Waals surface area contributed by atoms with Gasteiger partial charge in [0.25, 0.3) is 0 Å². The van der Waals surface area contributed by atoms with E-state index in [1.54, 1.807) is 0 Å². The minimum absolute atomic E-state index is 0.904. The maximum absolute atomic E-state index is 6.56. The summed E-state index contributed by atoms with van der Waals surface area (Å²) in [6.07, 6.45) is 0. The average Bonchev–Trinajstić information content (AvgIpc) is 3.81. The maximum atomic E-state index is 6.56. The van der Waals surface area contributed by atoms with Gasteiger partial charge in [-0.25, -0.2) is 0 Å². The van der Waals surface area contributed by atoms with Gasteiger partial charge in [-0.3, -0.25) is 0 Å². The van der Waals surface area contributed by atoms with Crippen LogP contribution in [0, 0.1) is 0 Å². The normalized spacial score (nSPS) is 11.8. The van der Waals surface area contributed by atoms with E-state index in [1.165, 1.54) is 31.3 Å². The van der Waals surface area contributed by atoms with Gasteiger partial charge in [-0.1, -0.05) is 78.9 Å². The zero-order valence-corrected chi connectivity index (χ0v) is 26.7. The van der Waals surface area contributed by atoms with Gasteiger partial charge in [-0.15, -0.1) is 11.3 Å². The van der Waals surface area contributed by atoms with Gasteiger partial charge in [0, 0.05) is 53.7 Å². The van der Waals surface area contributed by atoms with Crippen molar-refractivity contribution in [2.24, 2.45) is 0 Å². The fraction of sp³-hybridized carbons (Fsp3) is 0. The predicted octanol–water partition coefficient (Wildman–Crippen LogP) is 13.0. The maximum Gasteiger partial charge on any atom is 0.161 e. The second kappa shape index (κ2) is 10.7. The lowest BCUT2D eigenvalue weighted by Gasteiger charge is -2.25. The second-order valence-electron chi connectivity index (χ2n) is 12.2. The lowest BCUT2D eigenvalue weighted by Crippen LogP contribution is -2.09. The SMILES string of the molecule is c1ccc(N(c2ccccc2)c2ccc3sc4ccc(-c5ccc6c(c5)c5oc7ccccc7c5n6-c5ccccc5)cc4c3c2)cc1. The molecule has 0 fully saturated rings. The Hall–Kier alpha value is -6.10. The van der Waals surface area contributed by atoms with Crippen LogP contribution in [0.3, 0.4) is 0 Å². The van der Waals surface area contributed by atoms with E-state index in [1.807, 2.05) is 17.4 Å². The highest BCUT2D eigenvalue weighted by Gasteiger charge is 2.20. The molecule has 10 rings (SSSR count). The summed E-state index contributed by atoms with van der Waals surface area (Å²) in [5.74, 6) is 0. The predicted molar refractivity (Wildman–Crippen MR) is 204 cm³/mol. The molecule has 226 valence electrons. The van der Waals surface area contributed by atoms with Crippen LogP contribution in [0.1, 0.15) is 0 Å². The smallest absolute Gasteiger partial charge is 0.161 e. The van der Waals surface area contributed by atoms with Crippen molar-refractivity contribution < 1.29 is 4.42 Å². The summed E-state index contributed by atoms with van der Waals surface area (Å²) in [6, 6.07) is 60.6. The van der Waals surface area contributed by atoms with Crippen molar-refractivity contribution in [3.63, 3.8) is 0 Å². The van der Waals surface area contributed by atoms with Crippen LogP contribution in [0.4, 0.5) is 17.1 Å². The second-order valence-corrected chi connectivity index (χ2v) is 13.3. The number of hydrogen-bond donors (Lipinski definition) is 0. The van der Waals surface area contributed by atoms with E-state index in [0.29, 0.717) is 0 Å². The highest BCUT2D eigenvalue weighted by molar-refractivity contribution is 7.25. The molecule has 0 amide bonds. The Kier molecular flexibility index (Phi) is 6.05. The third-order valence-corrected chi connectivity index (χ3v) is 10.5. The summed E-state index contributed by atoms with van der Waals surface area (Å²) >= 11 is 1.85. The van der Waals surface area contributed by atoms with Crippen LogP contribution < -0.4 is 4.90 Å². The Morgan fingerprint density at radius 1 is 0.458 bits per heavy atom. The van der Waals surface area contributed by atoms with E-state index in [9.17, 15) is 0 Å². The number of rotatable bonds is 5. The molecular weight excluding hydrogens is 605 g/mol. The van der Waals surface area contributed by atoms with Crippen LogP contribution in [0.25, 0.3) is 70.0 Å². The van der Waals surface area contributed by atoms with Crippen molar-refractivity contribution in [2.75, 3.05) is 4.90 Å². The number of thiophene rings is 1. The molecular formula is C44H28N2OS. The fourth-order valence-electron chi connectivity index (χ4n) is 7.18. The largest absolute Gasteiger partial charge is 0.454 e. The molecule has 0 atom stereocenters. The van der Waals surface area contributed by atoms with Crippen LogP contribution in [0.15, 0.2) is 174 Å². The van der Waals surface area contributed by atoms with Crippen molar-refractivity contribution in [3.8, 4) is 16.8 Å². The van der Waals surface area contributed by atoms with Crippen molar-refractivity contribution in [3.05, 3.63) is 170 Å². The van der Waals surface area contributed by atoms with E-state index >= 15 is 0 Å². The van der Waals surface area contributed by atoms with E-state index in [0.717, 1.165) is 55.7 Å². The molecule has 48 heavy (non-hydrogen) atoms. The average molecular weight is 633 g/mol. The summed E-state index contributed by atoms with van der Waals surface area (Å²) in [6.45, 7) is 0. The Morgan fingerprint density at radius 2 is 1.04 bits per heavy atom. The van der Waals surface area contributed by atoms with Crippen LogP contribution >= 0.6 is 11.3 Å². The quantitative estimate of drug-likeness (QED) is 0.188. The van der Waals surface area contributed by atoms with E-state index in [-0.39, 0.29) is 0 Å². The van der Waals surface area contributed by atoms with Gasteiger partial charge in [-0.05, 0) is 102 Å². The van der Waals surface area contributed by atoms with Gasteiger partial charge in [0.15, 0.2) is 5.58 Å². The number of anilines is 3. The molecule has 0 aliphatic carbocycles. The van der Waals surface area contributed by atoms with E-state index in [4.69, 9.17) is 4.42 Å². The molecule has 0 radical (unpaired) electrons. The van der Waals surface area contributed by atoms with Crippen molar-refractivity contribution in [1.29, 1.82) is 0 Å². The van der Waals surface area contributed by atoms with Crippen molar-refractivity contribution >= 4 is 81.5 Å². The lowest BCUT2D eigenvalue weighted by atomic mass is 10.0. The monoisotopic (exact) mass is 632 g/mol. The molecule has 0 aliphatic heterocycles. The van der Waals surface area contributed by atoms with Gasteiger partial charge >= 0.3 is 0 Å². The number of benzene rings is 7. The van der Waals surface area contributed by atoms with Gasteiger partial charge in [-0.2, -0.15) is 0 Å². The molecule has 3 heterocycles. The van der Waals surface area contributed by atoms with Crippen molar-refractivity contribution in [2.45, 2.75) is 0 Å². The standard InChI is InChI=1S/C44H28N2OS/c1-4-12-31(13-5-1)45(32-14-6-2-7-15-32)34-22-25-42-37(28-34)36-26-30(21-24-41(36)48-42)29-20-23-39-38(27-29)44-43(35-18-10-11-19-40(35)47-44)46(39)33-16-8-3-9-17-33/h1-28H. The molecule has 10 aromatic rings. The van der Waals surface area contributed by atoms with E-state index < -0.39 is 0 Å². The minimum Gasteiger partial charge on any atom is -0.454 e. The molecule has 0 unspecified atom stereocenters. The summed E-state index contributed by atoms with van der Waals surface area (Å²) in [7, 11) is 0. The Labute approximate surface area is 281 Å². The highest BCUT2D eigenvalue weighted by atomic mass is 32.1. The summed E-state index contributed by atoms with van der Waals surface area (Å²) in [5, 5.41) is 4.77. The lowest BCUT2D eigenvalue weighted by molar-refractivity contribution is 0.673. The van der Waals surface area contributed by atoms with Crippen molar-refractivity contribution in [1.82, 2.24) is 4.57 Å². The van der Waals surface area contributed by atoms with Crippen LogP contribution in [-0.2, 0) is 0 Å². The van der Waals surface area contributed by atoms with Gasteiger partial charge < -0.3 is 13.9 Å². The third-order valence-electron chi connectivity index (χ3n) is 9.36. The number of para-hydroxylation sites is 4. The molecule has 3 nitrogen and oxygen atoms in total. The molecule has 0 aliphatic rings. The molecule has 7 aromatic carbocycles. The Bertz CT molecular complexity index is 2740. The Morgan fingerprint density at radius 3 is 1.77 bits per heavy atom. The highest BCUT2D eigenvalue weighted by Crippen LogP contribution is 2.43. The first-order valence-corrected chi connectivity index (χ1v) is 17.0. The molecule has 0 saturated carbocycles. The number of nitrogens with zero attached hydrogens (tertiary/aromatic N) is 2. The number of aromatic nitrogens is 1. The van der Waals surface area contributed by atoms with Crippen LogP contribution in [0.5, 0.6) is 0 Å². The fourth-order valence-corrected chi connectivity index (χ4v) is 8.25.